The van der Waals surface area contributed by atoms with Crippen molar-refractivity contribution in [2.75, 3.05) is 18.0 Å². The molecular weight excluding hydrogens is 210 g/mol. The zero-order valence-corrected chi connectivity index (χ0v) is 11.2. The Morgan fingerprint density at radius 3 is 2.65 bits per heavy atom. The molecule has 0 aliphatic carbocycles. The predicted molar refractivity (Wildman–Crippen MR) is 72.3 cm³/mol. The van der Waals surface area contributed by atoms with Crippen LogP contribution in [-0.2, 0) is 6.54 Å². The largest absolute Gasteiger partial charge is 0.371 e. The molecule has 0 unspecified atom stereocenters. The smallest absolute Gasteiger partial charge is 0.0442 e. The Hall–Kier alpha value is -1.09. The van der Waals surface area contributed by atoms with Gasteiger partial charge in [-0.2, -0.15) is 0 Å². The third kappa shape index (κ3) is 3.43. The van der Waals surface area contributed by atoms with Crippen LogP contribution in [0.5, 0.6) is 0 Å². The van der Waals surface area contributed by atoms with E-state index in [-0.39, 0.29) is 5.54 Å². The van der Waals surface area contributed by atoms with Crippen LogP contribution in [0.4, 0.5) is 5.69 Å². The summed E-state index contributed by atoms with van der Waals surface area (Å²) in [6.45, 7) is 9.85. The number of aromatic nitrogens is 1. The molecule has 1 aliphatic rings. The Kier molecular flexibility index (Phi) is 3.67. The van der Waals surface area contributed by atoms with Crippen molar-refractivity contribution >= 4 is 5.69 Å². The topological polar surface area (TPSA) is 28.2 Å². The zero-order chi connectivity index (χ0) is 12.3. The fourth-order valence-corrected chi connectivity index (χ4v) is 2.18. The minimum atomic E-state index is 0.151. The van der Waals surface area contributed by atoms with Gasteiger partial charge in [0.05, 0.1) is 0 Å². The Bertz CT molecular complexity index is 362. The average molecular weight is 233 g/mol. The third-order valence-electron chi connectivity index (χ3n) is 3.13. The van der Waals surface area contributed by atoms with Crippen molar-refractivity contribution < 1.29 is 0 Å². The molecule has 3 heteroatoms. The van der Waals surface area contributed by atoms with Crippen LogP contribution < -0.4 is 10.2 Å². The minimum Gasteiger partial charge on any atom is -0.371 e. The standard InChI is InChI=1S/C14H23N3/c1-14(2,3)16-11-12-10-15-7-6-13(12)17-8-4-5-9-17/h6-7,10,16H,4-5,8-9,11H2,1-3H3. The van der Waals surface area contributed by atoms with Crippen molar-refractivity contribution in [1.29, 1.82) is 0 Å². The molecule has 0 spiro atoms. The molecule has 2 rings (SSSR count). The van der Waals surface area contributed by atoms with Gasteiger partial charge in [-0.15, -0.1) is 0 Å². The van der Waals surface area contributed by atoms with Gasteiger partial charge in [-0.3, -0.25) is 4.98 Å². The highest BCUT2D eigenvalue weighted by Crippen LogP contribution is 2.23. The van der Waals surface area contributed by atoms with Gasteiger partial charge >= 0.3 is 0 Å². The molecule has 1 aromatic heterocycles. The zero-order valence-electron chi connectivity index (χ0n) is 11.2. The summed E-state index contributed by atoms with van der Waals surface area (Å²) >= 11 is 0. The molecular formula is C14H23N3. The summed E-state index contributed by atoms with van der Waals surface area (Å²) in [6.07, 6.45) is 6.52. The second-order valence-corrected chi connectivity index (χ2v) is 5.80. The number of rotatable bonds is 3. The Morgan fingerprint density at radius 2 is 2.00 bits per heavy atom. The summed E-state index contributed by atoms with van der Waals surface area (Å²) in [4.78, 5) is 6.72. The lowest BCUT2D eigenvalue weighted by Crippen LogP contribution is -2.35. The van der Waals surface area contributed by atoms with Crippen LogP contribution in [-0.4, -0.2) is 23.6 Å². The fourth-order valence-electron chi connectivity index (χ4n) is 2.18. The first kappa shape index (κ1) is 12.4. The maximum atomic E-state index is 4.25. The molecule has 0 bridgehead atoms. The second-order valence-electron chi connectivity index (χ2n) is 5.80. The number of nitrogens with zero attached hydrogens (tertiary/aromatic N) is 2. The monoisotopic (exact) mass is 233 g/mol. The summed E-state index contributed by atoms with van der Waals surface area (Å²) < 4.78 is 0. The van der Waals surface area contributed by atoms with Crippen LogP contribution in [0.2, 0.25) is 0 Å². The molecule has 2 heterocycles. The predicted octanol–water partition coefficient (Wildman–Crippen LogP) is 2.57. The lowest BCUT2D eigenvalue weighted by atomic mass is 10.1. The Labute approximate surface area is 104 Å². The molecule has 1 N–H and O–H groups in total. The van der Waals surface area contributed by atoms with Gasteiger partial charge in [-0.1, -0.05) is 0 Å². The van der Waals surface area contributed by atoms with Gasteiger partial charge in [0.2, 0.25) is 0 Å². The molecule has 0 amide bonds. The lowest BCUT2D eigenvalue weighted by Gasteiger charge is -2.24. The fraction of sp³-hybridized carbons (Fsp3) is 0.643. The van der Waals surface area contributed by atoms with Gasteiger partial charge in [0, 0.05) is 48.8 Å². The number of hydrogen-bond donors (Lipinski definition) is 1. The van der Waals surface area contributed by atoms with Gasteiger partial charge in [0.1, 0.15) is 0 Å². The molecule has 1 aliphatic heterocycles. The van der Waals surface area contributed by atoms with E-state index in [9.17, 15) is 0 Å². The van der Waals surface area contributed by atoms with Crippen molar-refractivity contribution in [3.63, 3.8) is 0 Å². The number of pyridine rings is 1. The molecule has 0 saturated carbocycles. The summed E-state index contributed by atoms with van der Waals surface area (Å²) in [5.41, 5.74) is 2.82. The maximum absolute atomic E-state index is 4.25. The van der Waals surface area contributed by atoms with E-state index in [1.165, 1.54) is 37.2 Å². The molecule has 0 radical (unpaired) electrons. The van der Waals surface area contributed by atoms with E-state index in [0.717, 1.165) is 6.54 Å². The summed E-state index contributed by atoms with van der Waals surface area (Å²) in [7, 11) is 0. The summed E-state index contributed by atoms with van der Waals surface area (Å²) in [5.74, 6) is 0. The van der Waals surface area contributed by atoms with E-state index in [2.05, 4.69) is 42.0 Å². The molecule has 0 aromatic carbocycles. The maximum Gasteiger partial charge on any atom is 0.0442 e. The van der Waals surface area contributed by atoms with Crippen LogP contribution in [0.15, 0.2) is 18.5 Å². The first-order valence-corrected chi connectivity index (χ1v) is 6.49. The van der Waals surface area contributed by atoms with Gasteiger partial charge in [0.25, 0.3) is 0 Å². The molecule has 1 fully saturated rings. The van der Waals surface area contributed by atoms with E-state index < -0.39 is 0 Å². The quantitative estimate of drug-likeness (QED) is 0.869. The van der Waals surface area contributed by atoms with Crippen LogP contribution in [0.25, 0.3) is 0 Å². The van der Waals surface area contributed by atoms with Gasteiger partial charge in [0.15, 0.2) is 0 Å². The second kappa shape index (κ2) is 5.05. The van der Waals surface area contributed by atoms with Gasteiger partial charge < -0.3 is 10.2 Å². The van der Waals surface area contributed by atoms with Gasteiger partial charge in [-0.25, -0.2) is 0 Å². The molecule has 1 aromatic rings. The molecule has 1 saturated heterocycles. The molecule has 17 heavy (non-hydrogen) atoms. The number of hydrogen-bond acceptors (Lipinski definition) is 3. The number of nitrogens with one attached hydrogen (secondary N) is 1. The highest BCUT2D eigenvalue weighted by Gasteiger charge is 2.16. The van der Waals surface area contributed by atoms with Crippen LogP contribution >= 0.6 is 0 Å². The first-order valence-electron chi connectivity index (χ1n) is 6.49. The first-order chi connectivity index (χ1) is 8.06. The molecule has 0 atom stereocenters. The lowest BCUT2D eigenvalue weighted by molar-refractivity contribution is 0.424. The Balaban J connectivity index is 2.10. The highest BCUT2D eigenvalue weighted by atomic mass is 15.1. The van der Waals surface area contributed by atoms with Crippen molar-refractivity contribution in [2.24, 2.45) is 0 Å². The van der Waals surface area contributed by atoms with Crippen LogP contribution in [0.1, 0.15) is 39.2 Å². The average Bonchev–Trinajstić information content (AvgIpc) is 2.79. The van der Waals surface area contributed by atoms with Gasteiger partial charge in [-0.05, 0) is 39.7 Å². The third-order valence-corrected chi connectivity index (χ3v) is 3.13. The SMILES string of the molecule is CC(C)(C)NCc1cnccc1N1CCCC1. The van der Waals surface area contributed by atoms with Crippen LogP contribution in [0, 0.1) is 0 Å². The van der Waals surface area contributed by atoms with Crippen molar-refractivity contribution in [3.05, 3.63) is 24.0 Å². The molecule has 94 valence electrons. The van der Waals surface area contributed by atoms with E-state index in [1.54, 1.807) is 0 Å². The van der Waals surface area contributed by atoms with E-state index in [0.29, 0.717) is 0 Å². The molecule has 3 nitrogen and oxygen atoms in total. The number of anilines is 1. The Morgan fingerprint density at radius 1 is 1.29 bits per heavy atom. The van der Waals surface area contributed by atoms with Crippen molar-refractivity contribution in [3.8, 4) is 0 Å². The minimum absolute atomic E-state index is 0.151. The van der Waals surface area contributed by atoms with E-state index >= 15 is 0 Å². The van der Waals surface area contributed by atoms with Crippen molar-refractivity contribution in [1.82, 2.24) is 10.3 Å². The normalized spacial score (nSPS) is 16.5. The highest BCUT2D eigenvalue weighted by molar-refractivity contribution is 5.52. The van der Waals surface area contributed by atoms with Crippen molar-refractivity contribution in [2.45, 2.75) is 45.7 Å². The van der Waals surface area contributed by atoms with E-state index in [1.807, 2.05) is 12.4 Å². The van der Waals surface area contributed by atoms with E-state index in [4.69, 9.17) is 0 Å². The van der Waals surface area contributed by atoms with Crippen LogP contribution in [0.3, 0.4) is 0 Å². The summed E-state index contributed by atoms with van der Waals surface area (Å²) in [6, 6.07) is 2.14. The summed E-state index contributed by atoms with van der Waals surface area (Å²) in [5, 5.41) is 3.54.